The maximum atomic E-state index is 12.1. The second-order valence-corrected chi connectivity index (χ2v) is 6.65. The van der Waals surface area contributed by atoms with E-state index in [4.69, 9.17) is 17.3 Å². The minimum absolute atomic E-state index is 0.146. The van der Waals surface area contributed by atoms with Gasteiger partial charge >= 0.3 is 0 Å². The monoisotopic (exact) mass is 317 g/mol. The molecule has 0 atom stereocenters. The molecular formula is C11H12ClN3O2S2. The van der Waals surface area contributed by atoms with Crippen molar-refractivity contribution in [2.24, 2.45) is 5.73 Å². The lowest BCUT2D eigenvalue weighted by Crippen LogP contribution is -2.23. The zero-order valence-electron chi connectivity index (χ0n) is 9.84. The van der Waals surface area contributed by atoms with Gasteiger partial charge in [-0.1, -0.05) is 11.6 Å². The molecule has 8 heteroatoms. The second kappa shape index (κ2) is 5.98. The van der Waals surface area contributed by atoms with E-state index in [1.165, 1.54) is 29.5 Å². The van der Waals surface area contributed by atoms with Crippen LogP contribution in [0.15, 0.2) is 34.0 Å². The molecule has 19 heavy (non-hydrogen) atoms. The van der Waals surface area contributed by atoms with Gasteiger partial charge in [0.15, 0.2) is 0 Å². The van der Waals surface area contributed by atoms with Crippen LogP contribution >= 0.6 is 22.9 Å². The third kappa shape index (κ3) is 3.52. The maximum absolute atomic E-state index is 12.1. The Morgan fingerprint density at radius 2 is 2.21 bits per heavy atom. The van der Waals surface area contributed by atoms with E-state index < -0.39 is 10.0 Å². The number of benzene rings is 1. The summed E-state index contributed by atoms with van der Waals surface area (Å²) in [6.07, 6.45) is 0. The summed E-state index contributed by atoms with van der Waals surface area (Å²) in [6, 6.07) is 4.46. The Balaban J connectivity index is 2.19. The molecule has 0 aliphatic carbocycles. The Bertz CT molecular complexity index is 657. The quantitative estimate of drug-likeness (QED) is 0.879. The number of aromatic nitrogens is 1. The van der Waals surface area contributed by atoms with E-state index in [0.717, 1.165) is 0 Å². The first kappa shape index (κ1) is 14.4. The highest BCUT2D eigenvalue weighted by Crippen LogP contribution is 2.20. The van der Waals surface area contributed by atoms with Crippen LogP contribution in [-0.4, -0.2) is 13.4 Å². The number of sulfonamides is 1. The van der Waals surface area contributed by atoms with Crippen molar-refractivity contribution in [3.63, 3.8) is 0 Å². The molecule has 2 aromatic rings. The van der Waals surface area contributed by atoms with Crippen LogP contribution in [0.4, 0.5) is 0 Å². The SMILES string of the molecule is NCc1cc(S(=O)(=O)NCc2cscn2)ccc1Cl. The van der Waals surface area contributed by atoms with Gasteiger partial charge in [-0.25, -0.2) is 18.1 Å². The lowest BCUT2D eigenvalue weighted by molar-refractivity contribution is 0.580. The van der Waals surface area contributed by atoms with Gasteiger partial charge in [0.2, 0.25) is 10.0 Å². The number of hydrogen-bond donors (Lipinski definition) is 2. The van der Waals surface area contributed by atoms with Crippen molar-refractivity contribution in [3.8, 4) is 0 Å². The second-order valence-electron chi connectivity index (χ2n) is 3.76. The van der Waals surface area contributed by atoms with Crippen molar-refractivity contribution < 1.29 is 8.42 Å². The zero-order valence-corrected chi connectivity index (χ0v) is 12.2. The molecule has 1 heterocycles. The lowest BCUT2D eigenvalue weighted by atomic mass is 10.2. The van der Waals surface area contributed by atoms with Gasteiger partial charge in [-0.15, -0.1) is 11.3 Å². The molecule has 5 nitrogen and oxygen atoms in total. The number of nitrogens with one attached hydrogen (secondary N) is 1. The highest BCUT2D eigenvalue weighted by Gasteiger charge is 2.15. The number of hydrogen-bond acceptors (Lipinski definition) is 5. The van der Waals surface area contributed by atoms with Crippen LogP contribution in [0.2, 0.25) is 5.02 Å². The number of halogens is 1. The molecule has 102 valence electrons. The van der Waals surface area contributed by atoms with Crippen molar-refractivity contribution >= 4 is 33.0 Å². The summed E-state index contributed by atoms with van der Waals surface area (Å²) in [4.78, 5) is 4.16. The van der Waals surface area contributed by atoms with E-state index in [0.29, 0.717) is 16.3 Å². The third-order valence-electron chi connectivity index (χ3n) is 2.47. The predicted molar refractivity (Wildman–Crippen MR) is 75.5 cm³/mol. The fourth-order valence-electron chi connectivity index (χ4n) is 1.45. The van der Waals surface area contributed by atoms with Crippen molar-refractivity contribution in [2.45, 2.75) is 18.0 Å². The van der Waals surface area contributed by atoms with E-state index >= 15 is 0 Å². The van der Waals surface area contributed by atoms with Crippen LogP contribution in [-0.2, 0) is 23.1 Å². The van der Waals surface area contributed by atoms with E-state index in [-0.39, 0.29) is 18.0 Å². The smallest absolute Gasteiger partial charge is 0.240 e. The Labute approximate surface area is 120 Å². The standard InChI is InChI=1S/C11H12ClN3O2S2/c12-11-2-1-10(3-8(11)4-13)19(16,17)15-5-9-6-18-7-14-9/h1-3,6-7,15H,4-5,13H2. The molecule has 0 spiro atoms. The van der Waals surface area contributed by atoms with Crippen LogP contribution in [0, 0.1) is 0 Å². The molecule has 1 aromatic carbocycles. The normalized spacial score (nSPS) is 11.7. The van der Waals surface area contributed by atoms with E-state index in [1.54, 1.807) is 10.9 Å². The van der Waals surface area contributed by atoms with Crippen LogP contribution in [0.3, 0.4) is 0 Å². The first-order valence-corrected chi connectivity index (χ1v) is 8.18. The van der Waals surface area contributed by atoms with Crippen molar-refractivity contribution in [3.05, 3.63) is 45.4 Å². The fraction of sp³-hybridized carbons (Fsp3) is 0.182. The fourth-order valence-corrected chi connectivity index (χ4v) is 3.25. The van der Waals surface area contributed by atoms with Gasteiger partial charge in [-0.2, -0.15) is 0 Å². The molecule has 2 rings (SSSR count). The summed E-state index contributed by atoms with van der Waals surface area (Å²) >= 11 is 7.31. The summed E-state index contributed by atoms with van der Waals surface area (Å²) in [5, 5.41) is 2.25. The van der Waals surface area contributed by atoms with Gasteiger partial charge < -0.3 is 5.73 Å². The molecule has 0 radical (unpaired) electrons. The molecular weight excluding hydrogens is 306 g/mol. The van der Waals surface area contributed by atoms with Gasteiger partial charge in [0.1, 0.15) is 0 Å². The Morgan fingerprint density at radius 1 is 1.42 bits per heavy atom. The summed E-state index contributed by atoms with van der Waals surface area (Å²) in [5.74, 6) is 0. The van der Waals surface area contributed by atoms with Gasteiger partial charge in [0, 0.05) is 16.9 Å². The minimum Gasteiger partial charge on any atom is -0.326 e. The molecule has 0 aliphatic rings. The first-order valence-electron chi connectivity index (χ1n) is 5.38. The number of nitrogens with two attached hydrogens (primary N) is 1. The Kier molecular flexibility index (Phi) is 4.54. The summed E-state index contributed by atoms with van der Waals surface area (Å²) in [7, 11) is -3.59. The van der Waals surface area contributed by atoms with Gasteiger partial charge in [-0.05, 0) is 23.8 Å². The van der Waals surface area contributed by atoms with Crippen LogP contribution < -0.4 is 10.5 Å². The van der Waals surface area contributed by atoms with Crippen LogP contribution in [0.1, 0.15) is 11.3 Å². The van der Waals surface area contributed by atoms with Crippen molar-refractivity contribution in [1.29, 1.82) is 0 Å². The predicted octanol–water partition coefficient (Wildman–Crippen LogP) is 1.73. The summed E-state index contributed by atoms with van der Waals surface area (Å²) in [5.41, 5.74) is 8.43. The topological polar surface area (TPSA) is 85.1 Å². The number of thiazole rings is 1. The Morgan fingerprint density at radius 3 is 2.84 bits per heavy atom. The molecule has 0 unspecified atom stereocenters. The number of nitrogens with zero attached hydrogens (tertiary/aromatic N) is 1. The molecule has 1 aromatic heterocycles. The molecule has 3 N–H and O–H groups in total. The first-order chi connectivity index (χ1) is 9.03. The van der Waals surface area contributed by atoms with E-state index in [9.17, 15) is 8.42 Å². The Hall–Kier alpha value is -0.990. The largest absolute Gasteiger partial charge is 0.326 e. The average Bonchev–Trinajstić information content (AvgIpc) is 2.90. The average molecular weight is 318 g/mol. The van der Waals surface area contributed by atoms with Crippen molar-refractivity contribution in [1.82, 2.24) is 9.71 Å². The van der Waals surface area contributed by atoms with Gasteiger partial charge in [-0.3, -0.25) is 0 Å². The van der Waals surface area contributed by atoms with Crippen LogP contribution in [0.5, 0.6) is 0 Å². The minimum atomic E-state index is -3.59. The van der Waals surface area contributed by atoms with Crippen molar-refractivity contribution in [2.75, 3.05) is 0 Å². The van der Waals surface area contributed by atoms with Crippen LogP contribution in [0.25, 0.3) is 0 Å². The van der Waals surface area contributed by atoms with Gasteiger partial charge in [0.05, 0.1) is 22.6 Å². The molecule has 0 saturated heterocycles. The maximum Gasteiger partial charge on any atom is 0.240 e. The highest BCUT2D eigenvalue weighted by molar-refractivity contribution is 7.89. The highest BCUT2D eigenvalue weighted by atomic mass is 35.5. The van der Waals surface area contributed by atoms with E-state index in [1.807, 2.05) is 0 Å². The summed E-state index contributed by atoms with van der Waals surface area (Å²) in [6.45, 7) is 0.348. The number of rotatable bonds is 5. The zero-order chi connectivity index (χ0) is 13.9. The molecule has 0 saturated carbocycles. The summed E-state index contributed by atoms with van der Waals surface area (Å²) < 4.78 is 26.7. The third-order valence-corrected chi connectivity index (χ3v) is 4.88. The van der Waals surface area contributed by atoms with E-state index in [2.05, 4.69) is 9.71 Å². The molecule has 0 bridgehead atoms. The molecule has 0 fully saturated rings. The molecule has 0 aliphatic heterocycles. The van der Waals surface area contributed by atoms with Gasteiger partial charge in [0.25, 0.3) is 0 Å². The lowest BCUT2D eigenvalue weighted by Gasteiger charge is -2.08. The molecule has 0 amide bonds.